The van der Waals surface area contributed by atoms with Gasteiger partial charge in [0.2, 0.25) is 0 Å². The van der Waals surface area contributed by atoms with Gasteiger partial charge >= 0.3 is 0 Å². The number of hydrogen-bond donors (Lipinski definition) is 0. The van der Waals surface area contributed by atoms with Crippen LogP contribution in [0, 0.1) is 0 Å². The van der Waals surface area contributed by atoms with Crippen molar-refractivity contribution in [2.75, 3.05) is 14.2 Å². The first-order valence-corrected chi connectivity index (χ1v) is 5.42. The molecule has 3 heteroatoms. The lowest BCUT2D eigenvalue weighted by atomic mass is 10.00. The largest absolute Gasteiger partial charge is 0.373 e. The number of ether oxygens (including phenoxy) is 2. The molecule has 1 rings (SSSR count). The van der Waals surface area contributed by atoms with E-state index in [4.69, 9.17) is 9.47 Å². The molecule has 0 unspecified atom stereocenters. The van der Waals surface area contributed by atoms with Crippen molar-refractivity contribution in [1.82, 2.24) is 4.98 Å². The maximum Gasteiger partial charge on any atom is 0.104 e. The van der Waals surface area contributed by atoms with Gasteiger partial charge in [0.05, 0.1) is 11.4 Å². The maximum absolute atomic E-state index is 5.42. The Morgan fingerprint density at radius 1 is 0.875 bits per heavy atom. The summed E-state index contributed by atoms with van der Waals surface area (Å²) in [6.45, 7) is 8.00. The summed E-state index contributed by atoms with van der Waals surface area (Å²) >= 11 is 0. The Kier molecular flexibility index (Phi) is 3.71. The highest BCUT2D eigenvalue weighted by Gasteiger charge is 2.26. The molecule has 0 saturated heterocycles. The molecule has 0 fully saturated rings. The van der Waals surface area contributed by atoms with Crippen LogP contribution < -0.4 is 0 Å². The van der Waals surface area contributed by atoms with Crippen LogP contribution in [0.1, 0.15) is 39.1 Å². The molecule has 0 N–H and O–H groups in total. The average molecular weight is 223 g/mol. The summed E-state index contributed by atoms with van der Waals surface area (Å²) in [5.74, 6) is 0. The Morgan fingerprint density at radius 3 is 1.56 bits per heavy atom. The fraction of sp³-hybridized carbons (Fsp3) is 0.615. The molecule has 0 aliphatic carbocycles. The third-order valence-electron chi connectivity index (χ3n) is 3.00. The fourth-order valence-corrected chi connectivity index (χ4v) is 1.31. The van der Waals surface area contributed by atoms with Gasteiger partial charge in [-0.05, 0) is 39.8 Å². The standard InChI is InChI=1S/C13H21NO2/c1-12(2,15-5)10-8-7-9-11(14-10)13(3,4)16-6/h7-9H,1-6H3. The molecule has 0 aliphatic rings. The number of methoxy groups -OCH3 is 2. The predicted octanol–water partition coefficient (Wildman–Crippen LogP) is 2.84. The lowest BCUT2D eigenvalue weighted by Crippen LogP contribution is -2.26. The second kappa shape index (κ2) is 4.52. The summed E-state index contributed by atoms with van der Waals surface area (Å²) in [7, 11) is 3.38. The van der Waals surface area contributed by atoms with Crippen molar-refractivity contribution >= 4 is 0 Å². The molecule has 0 saturated carbocycles. The first-order valence-electron chi connectivity index (χ1n) is 5.42. The zero-order valence-electron chi connectivity index (χ0n) is 11.0. The summed E-state index contributed by atoms with van der Waals surface area (Å²) in [6.07, 6.45) is 0. The van der Waals surface area contributed by atoms with Gasteiger partial charge in [-0.2, -0.15) is 0 Å². The average Bonchev–Trinajstić information content (AvgIpc) is 2.29. The van der Waals surface area contributed by atoms with Crippen LogP contribution in [0.25, 0.3) is 0 Å². The van der Waals surface area contributed by atoms with Gasteiger partial charge in [-0.1, -0.05) is 6.07 Å². The van der Waals surface area contributed by atoms with E-state index in [9.17, 15) is 0 Å². The van der Waals surface area contributed by atoms with E-state index in [0.717, 1.165) is 11.4 Å². The van der Waals surface area contributed by atoms with E-state index in [2.05, 4.69) is 4.98 Å². The molecule has 0 spiro atoms. The molecule has 3 nitrogen and oxygen atoms in total. The van der Waals surface area contributed by atoms with E-state index in [1.165, 1.54) is 0 Å². The number of rotatable bonds is 4. The minimum absolute atomic E-state index is 0.375. The molecule has 1 aromatic heterocycles. The Hall–Kier alpha value is -0.930. The molecular weight excluding hydrogens is 202 g/mol. The monoisotopic (exact) mass is 223 g/mol. The maximum atomic E-state index is 5.42. The van der Waals surface area contributed by atoms with Gasteiger partial charge in [-0.15, -0.1) is 0 Å². The molecule has 0 aliphatic heterocycles. The zero-order valence-corrected chi connectivity index (χ0v) is 11.0. The van der Waals surface area contributed by atoms with Crippen LogP contribution in [-0.4, -0.2) is 19.2 Å². The van der Waals surface area contributed by atoms with Crippen molar-refractivity contribution < 1.29 is 9.47 Å². The van der Waals surface area contributed by atoms with Crippen molar-refractivity contribution in [2.45, 2.75) is 38.9 Å². The minimum atomic E-state index is -0.375. The zero-order chi connectivity index (χ0) is 12.4. The highest BCUT2D eigenvalue weighted by molar-refractivity contribution is 5.19. The fourth-order valence-electron chi connectivity index (χ4n) is 1.31. The lowest BCUT2D eigenvalue weighted by molar-refractivity contribution is 0.00609. The van der Waals surface area contributed by atoms with E-state index in [-0.39, 0.29) is 11.2 Å². The smallest absolute Gasteiger partial charge is 0.104 e. The molecule has 1 aromatic rings. The van der Waals surface area contributed by atoms with Crippen molar-refractivity contribution in [1.29, 1.82) is 0 Å². The van der Waals surface area contributed by atoms with Gasteiger partial charge in [0.1, 0.15) is 11.2 Å². The van der Waals surface area contributed by atoms with E-state index in [1.54, 1.807) is 14.2 Å². The van der Waals surface area contributed by atoms with E-state index >= 15 is 0 Å². The lowest BCUT2D eigenvalue weighted by Gasteiger charge is -2.26. The molecular formula is C13H21NO2. The number of hydrogen-bond acceptors (Lipinski definition) is 3. The molecule has 90 valence electrons. The van der Waals surface area contributed by atoms with Gasteiger partial charge in [-0.3, -0.25) is 4.98 Å². The van der Waals surface area contributed by atoms with Crippen LogP contribution in [0.3, 0.4) is 0 Å². The summed E-state index contributed by atoms with van der Waals surface area (Å²) in [5, 5.41) is 0. The summed E-state index contributed by atoms with van der Waals surface area (Å²) in [6, 6.07) is 5.93. The second-order valence-corrected chi connectivity index (χ2v) is 4.84. The van der Waals surface area contributed by atoms with Crippen LogP contribution in [0.2, 0.25) is 0 Å². The molecule has 0 bridgehead atoms. The highest BCUT2D eigenvalue weighted by atomic mass is 16.5. The summed E-state index contributed by atoms with van der Waals surface area (Å²) in [5.41, 5.74) is 1.08. The van der Waals surface area contributed by atoms with Crippen molar-refractivity contribution in [3.05, 3.63) is 29.6 Å². The summed E-state index contributed by atoms with van der Waals surface area (Å²) in [4.78, 5) is 4.61. The van der Waals surface area contributed by atoms with Gasteiger partial charge in [-0.25, -0.2) is 0 Å². The molecule has 0 radical (unpaired) electrons. The van der Waals surface area contributed by atoms with E-state index in [0.29, 0.717) is 0 Å². The Morgan fingerprint density at radius 2 is 1.25 bits per heavy atom. The molecule has 0 amide bonds. The Labute approximate surface area is 97.8 Å². The minimum Gasteiger partial charge on any atom is -0.373 e. The van der Waals surface area contributed by atoms with Gasteiger partial charge in [0.15, 0.2) is 0 Å². The third kappa shape index (κ3) is 2.60. The van der Waals surface area contributed by atoms with E-state index in [1.807, 2.05) is 45.9 Å². The van der Waals surface area contributed by atoms with Gasteiger partial charge in [0, 0.05) is 14.2 Å². The molecule has 0 atom stereocenters. The SMILES string of the molecule is COC(C)(C)c1cccc(C(C)(C)OC)n1. The van der Waals surface area contributed by atoms with Crippen LogP contribution >= 0.6 is 0 Å². The highest BCUT2D eigenvalue weighted by Crippen LogP contribution is 2.26. The quantitative estimate of drug-likeness (QED) is 0.786. The second-order valence-electron chi connectivity index (χ2n) is 4.84. The van der Waals surface area contributed by atoms with E-state index < -0.39 is 0 Å². The van der Waals surface area contributed by atoms with Crippen molar-refractivity contribution in [3.8, 4) is 0 Å². The first kappa shape index (κ1) is 13.1. The van der Waals surface area contributed by atoms with Crippen molar-refractivity contribution in [2.24, 2.45) is 0 Å². The predicted molar refractivity (Wildman–Crippen MR) is 64.3 cm³/mol. The number of pyridine rings is 1. The first-order chi connectivity index (χ1) is 7.33. The van der Waals surface area contributed by atoms with Crippen LogP contribution in [0.4, 0.5) is 0 Å². The molecule has 16 heavy (non-hydrogen) atoms. The van der Waals surface area contributed by atoms with Gasteiger partial charge < -0.3 is 9.47 Å². The Bertz CT molecular complexity index is 327. The van der Waals surface area contributed by atoms with Gasteiger partial charge in [0.25, 0.3) is 0 Å². The third-order valence-corrected chi connectivity index (χ3v) is 3.00. The van der Waals surface area contributed by atoms with Crippen molar-refractivity contribution in [3.63, 3.8) is 0 Å². The number of nitrogens with zero attached hydrogens (tertiary/aromatic N) is 1. The van der Waals surface area contributed by atoms with Crippen LogP contribution in [0.5, 0.6) is 0 Å². The van der Waals surface area contributed by atoms with Crippen LogP contribution in [0.15, 0.2) is 18.2 Å². The summed E-state index contributed by atoms with van der Waals surface area (Å²) < 4.78 is 10.8. The number of aromatic nitrogens is 1. The molecule has 1 heterocycles. The van der Waals surface area contributed by atoms with Crippen LogP contribution in [-0.2, 0) is 20.7 Å². The molecule has 0 aromatic carbocycles. The Balaban J connectivity index is 3.14. The normalized spacial score (nSPS) is 12.9. The topological polar surface area (TPSA) is 31.4 Å².